The summed E-state index contributed by atoms with van der Waals surface area (Å²) < 4.78 is 10.9. The highest BCUT2D eigenvalue weighted by atomic mass is 35.5. The molecule has 0 N–H and O–H groups in total. The van der Waals surface area contributed by atoms with Gasteiger partial charge < -0.3 is 9.47 Å². The van der Waals surface area contributed by atoms with Crippen molar-refractivity contribution < 1.29 is 9.47 Å². The molecule has 1 aliphatic heterocycles. The van der Waals surface area contributed by atoms with Gasteiger partial charge in [0.25, 0.3) is 0 Å². The Morgan fingerprint density at radius 1 is 1.40 bits per heavy atom. The van der Waals surface area contributed by atoms with E-state index in [2.05, 4.69) is 4.98 Å². The van der Waals surface area contributed by atoms with Crippen LogP contribution in [-0.2, 0) is 4.74 Å². The van der Waals surface area contributed by atoms with E-state index in [-0.39, 0.29) is 0 Å². The first kappa shape index (κ1) is 10.7. The normalized spacial score (nSPS) is 17.7. The maximum atomic E-state index is 5.73. The Morgan fingerprint density at radius 3 is 2.87 bits per heavy atom. The average molecular weight is 228 g/mol. The summed E-state index contributed by atoms with van der Waals surface area (Å²) in [5.74, 6) is 1.24. The smallest absolute Gasteiger partial charge is 0.213 e. The summed E-state index contributed by atoms with van der Waals surface area (Å²) >= 11 is 5.73. The highest BCUT2D eigenvalue weighted by molar-refractivity contribution is 6.30. The molecule has 1 aromatic heterocycles. The molecule has 1 fully saturated rings. The number of hydrogen-bond acceptors (Lipinski definition) is 3. The van der Waals surface area contributed by atoms with Crippen LogP contribution in [0, 0.1) is 5.92 Å². The molecule has 0 spiro atoms. The van der Waals surface area contributed by atoms with E-state index in [0.29, 0.717) is 16.8 Å². The van der Waals surface area contributed by atoms with E-state index in [1.54, 1.807) is 18.3 Å². The van der Waals surface area contributed by atoms with Gasteiger partial charge in [0.15, 0.2) is 0 Å². The molecule has 1 aliphatic rings. The molecule has 15 heavy (non-hydrogen) atoms. The van der Waals surface area contributed by atoms with Gasteiger partial charge >= 0.3 is 0 Å². The van der Waals surface area contributed by atoms with Gasteiger partial charge in [0.2, 0.25) is 5.88 Å². The molecule has 0 aliphatic carbocycles. The molecule has 0 bridgehead atoms. The molecule has 0 unspecified atom stereocenters. The highest BCUT2D eigenvalue weighted by Gasteiger charge is 2.14. The van der Waals surface area contributed by atoms with Crippen molar-refractivity contribution in [2.24, 2.45) is 5.92 Å². The van der Waals surface area contributed by atoms with Crippen LogP contribution in [0.3, 0.4) is 0 Å². The highest BCUT2D eigenvalue weighted by Crippen LogP contribution is 2.17. The summed E-state index contributed by atoms with van der Waals surface area (Å²) in [6, 6.07) is 3.58. The summed E-state index contributed by atoms with van der Waals surface area (Å²) in [5.41, 5.74) is 0. The summed E-state index contributed by atoms with van der Waals surface area (Å²) in [5, 5.41) is 0.633. The van der Waals surface area contributed by atoms with Crippen LogP contribution in [0.25, 0.3) is 0 Å². The van der Waals surface area contributed by atoms with Gasteiger partial charge in [0.05, 0.1) is 11.6 Å². The van der Waals surface area contributed by atoms with Crippen molar-refractivity contribution >= 4 is 11.6 Å². The Kier molecular flexibility index (Phi) is 3.80. The molecule has 0 amide bonds. The quantitative estimate of drug-likeness (QED) is 0.795. The molecule has 1 aromatic rings. The molecule has 4 heteroatoms. The predicted octanol–water partition coefficient (Wildman–Crippen LogP) is 2.54. The SMILES string of the molecule is Clc1ccc(OCC2CCOCC2)nc1. The molecule has 0 aromatic carbocycles. The Labute approximate surface area is 94.4 Å². The Morgan fingerprint density at radius 2 is 2.20 bits per heavy atom. The fourth-order valence-corrected chi connectivity index (χ4v) is 1.68. The second-order valence-corrected chi connectivity index (χ2v) is 4.12. The maximum Gasteiger partial charge on any atom is 0.213 e. The first-order valence-corrected chi connectivity index (χ1v) is 5.54. The van der Waals surface area contributed by atoms with Gasteiger partial charge in [-0.2, -0.15) is 0 Å². The molecule has 2 heterocycles. The van der Waals surface area contributed by atoms with Crippen molar-refractivity contribution in [1.82, 2.24) is 4.98 Å². The zero-order valence-electron chi connectivity index (χ0n) is 8.49. The van der Waals surface area contributed by atoms with E-state index in [1.165, 1.54) is 0 Å². The molecule has 1 saturated heterocycles. The van der Waals surface area contributed by atoms with Crippen molar-refractivity contribution in [2.45, 2.75) is 12.8 Å². The summed E-state index contributed by atoms with van der Waals surface area (Å²) in [4.78, 5) is 4.08. The van der Waals surface area contributed by atoms with E-state index in [1.807, 2.05) is 0 Å². The lowest BCUT2D eigenvalue weighted by molar-refractivity contribution is 0.0490. The molecule has 0 saturated carbocycles. The molecule has 82 valence electrons. The minimum atomic E-state index is 0.594. The van der Waals surface area contributed by atoms with E-state index in [0.717, 1.165) is 32.7 Å². The Bertz CT molecular complexity index is 296. The van der Waals surface area contributed by atoms with E-state index in [4.69, 9.17) is 21.1 Å². The summed E-state index contributed by atoms with van der Waals surface area (Å²) in [6.07, 6.45) is 3.75. The van der Waals surface area contributed by atoms with Crippen LogP contribution < -0.4 is 4.74 Å². The lowest BCUT2D eigenvalue weighted by Crippen LogP contribution is -2.21. The van der Waals surface area contributed by atoms with Crippen LogP contribution in [0.4, 0.5) is 0 Å². The molecular weight excluding hydrogens is 214 g/mol. The van der Waals surface area contributed by atoms with Crippen LogP contribution in [0.5, 0.6) is 5.88 Å². The number of ether oxygens (including phenoxy) is 2. The first-order chi connectivity index (χ1) is 7.34. The predicted molar refractivity (Wildman–Crippen MR) is 58.3 cm³/mol. The summed E-state index contributed by atoms with van der Waals surface area (Å²) in [6.45, 7) is 2.42. The van der Waals surface area contributed by atoms with Crippen molar-refractivity contribution in [2.75, 3.05) is 19.8 Å². The van der Waals surface area contributed by atoms with E-state index >= 15 is 0 Å². The number of hydrogen-bond donors (Lipinski definition) is 0. The minimum Gasteiger partial charge on any atom is -0.477 e. The van der Waals surface area contributed by atoms with Crippen molar-refractivity contribution in [3.8, 4) is 5.88 Å². The number of aromatic nitrogens is 1. The van der Waals surface area contributed by atoms with E-state index in [9.17, 15) is 0 Å². The number of rotatable bonds is 3. The third-order valence-electron chi connectivity index (χ3n) is 2.51. The van der Waals surface area contributed by atoms with E-state index < -0.39 is 0 Å². The minimum absolute atomic E-state index is 0.594. The van der Waals surface area contributed by atoms with Gasteiger partial charge in [-0.25, -0.2) is 4.98 Å². The fourth-order valence-electron chi connectivity index (χ4n) is 1.56. The second-order valence-electron chi connectivity index (χ2n) is 3.68. The van der Waals surface area contributed by atoms with Gasteiger partial charge in [-0.15, -0.1) is 0 Å². The van der Waals surface area contributed by atoms with Gasteiger partial charge in [-0.1, -0.05) is 11.6 Å². The Balaban J connectivity index is 1.79. The monoisotopic (exact) mass is 227 g/mol. The molecule has 2 rings (SSSR count). The van der Waals surface area contributed by atoms with Gasteiger partial charge in [0, 0.05) is 25.5 Å². The first-order valence-electron chi connectivity index (χ1n) is 5.17. The second kappa shape index (κ2) is 5.33. The van der Waals surface area contributed by atoms with Crippen molar-refractivity contribution in [3.05, 3.63) is 23.4 Å². The standard InChI is InChI=1S/C11H14ClNO2/c12-10-1-2-11(13-7-10)15-8-9-3-5-14-6-4-9/h1-2,7,9H,3-6,8H2. The van der Waals surface area contributed by atoms with Crippen LogP contribution in [-0.4, -0.2) is 24.8 Å². The van der Waals surface area contributed by atoms with Crippen LogP contribution in [0.2, 0.25) is 5.02 Å². The third-order valence-corrected chi connectivity index (χ3v) is 2.73. The number of nitrogens with zero attached hydrogens (tertiary/aromatic N) is 1. The summed E-state index contributed by atoms with van der Waals surface area (Å²) in [7, 11) is 0. The third kappa shape index (κ3) is 3.36. The molecule has 3 nitrogen and oxygen atoms in total. The lowest BCUT2D eigenvalue weighted by Gasteiger charge is -2.21. The Hall–Kier alpha value is -0.800. The lowest BCUT2D eigenvalue weighted by atomic mass is 10.0. The van der Waals surface area contributed by atoms with Gasteiger partial charge in [-0.05, 0) is 24.8 Å². The van der Waals surface area contributed by atoms with Crippen molar-refractivity contribution in [1.29, 1.82) is 0 Å². The van der Waals surface area contributed by atoms with Gasteiger partial charge in [-0.3, -0.25) is 0 Å². The topological polar surface area (TPSA) is 31.4 Å². The molecular formula is C11H14ClNO2. The van der Waals surface area contributed by atoms with Gasteiger partial charge in [0.1, 0.15) is 0 Å². The van der Waals surface area contributed by atoms with Crippen LogP contribution >= 0.6 is 11.6 Å². The maximum absolute atomic E-state index is 5.73. The zero-order chi connectivity index (χ0) is 10.5. The van der Waals surface area contributed by atoms with Crippen LogP contribution in [0.15, 0.2) is 18.3 Å². The molecule has 0 atom stereocenters. The largest absolute Gasteiger partial charge is 0.477 e. The molecule has 0 radical (unpaired) electrons. The average Bonchev–Trinajstić information content (AvgIpc) is 2.30. The number of halogens is 1. The fraction of sp³-hybridized carbons (Fsp3) is 0.545. The van der Waals surface area contributed by atoms with Crippen molar-refractivity contribution in [3.63, 3.8) is 0 Å². The zero-order valence-corrected chi connectivity index (χ0v) is 9.24. The van der Waals surface area contributed by atoms with Crippen LogP contribution in [0.1, 0.15) is 12.8 Å². The number of pyridine rings is 1.